The number of benzene rings is 1. The molecule has 2 fully saturated rings. The van der Waals surface area contributed by atoms with Crippen LogP contribution in [0.3, 0.4) is 0 Å². The van der Waals surface area contributed by atoms with Crippen molar-refractivity contribution in [1.29, 1.82) is 0 Å². The van der Waals surface area contributed by atoms with Gasteiger partial charge in [0.15, 0.2) is 11.2 Å². The molecule has 35 heavy (non-hydrogen) atoms. The minimum Gasteiger partial charge on any atom is -0.423 e. The molecule has 1 amide bonds. The van der Waals surface area contributed by atoms with Crippen LogP contribution in [0.1, 0.15) is 36.6 Å². The number of hydrogen-bond acceptors (Lipinski definition) is 8. The summed E-state index contributed by atoms with van der Waals surface area (Å²) < 4.78 is 22.1. The van der Waals surface area contributed by atoms with E-state index in [-0.39, 0.29) is 23.3 Å². The summed E-state index contributed by atoms with van der Waals surface area (Å²) in [7, 11) is 0. The molecule has 4 heterocycles. The van der Waals surface area contributed by atoms with E-state index in [4.69, 9.17) is 10.2 Å². The third-order valence-corrected chi connectivity index (χ3v) is 6.21. The Morgan fingerprint density at radius 1 is 1.29 bits per heavy atom. The summed E-state index contributed by atoms with van der Waals surface area (Å²) in [6.45, 7) is 4.60. The standard InChI is InChI=1S/C24H21FN8O2/c1-2-20(34)32-8-7-15(11-32)33-23-21(22(26)27-12-28-23)17(31-33)6-3-13-9-18-19(10-16(13)25)35-24(30-18)29-14-4-5-14/h2,9-10,12,14-15H,1,4-5,7-8,11H2,(H,29,30)(H2,26,27,28)/t15-/m0/s1. The first-order chi connectivity index (χ1) is 17.0. The Hall–Kier alpha value is -4.46. The summed E-state index contributed by atoms with van der Waals surface area (Å²) in [6.07, 6.45) is 5.50. The number of carbonyl (C=O) groups is 1. The maximum absolute atomic E-state index is 14.8. The zero-order valence-electron chi connectivity index (χ0n) is 18.7. The van der Waals surface area contributed by atoms with E-state index >= 15 is 0 Å². The Morgan fingerprint density at radius 2 is 2.14 bits per heavy atom. The molecule has 1 atom stereocenters. The minimum absolute atomic E-state index is 0.105. The van der Waals surface area contributed by atoms with Gasteiger partial charge in [-0.1, -0.05) is 12.5 Å². The highest BCUT2D eigenvalue weighted by atomic mass is 19.1. The first-order valence-corrected chi connectivity index (χ1v) is 11.3. The van der Waals surface area contributed by atoms with Gasteiger partial charge in [-0.2, -0.15) is 10.1 Å². The molecule has 1 aromatic carbocycles. The molecule has 1 aliphatic carbocycles. The largest absolute Gasteiger partial charge is 0.423 e. The number of halogens is 1. The van der Waals surface area contributed by atoms with E-state index < -0.39 is 5.82 Å². The van der Waals surface area contributed by atoms with Crippen molar-refractivity contribution in [3.05, 3.63) is 48.2 Å². The van der Waals surface area contributed by atoms with Gasteiger partial charge in [0.2, 0.25) is 5.91 Å². The number of aromatic nitrogens is 5. The fourth-order valence-corrected chi connectivity index (χ4v) is 4.24. The average Bonchev–Trinajstić information content (AvgIpc) is 3.22. The average molecular weight is 472 g/mol. The summed E-state index contributed by atoms with van der Waals surface area (Å²) in [5, 5.41) is 8.29. The van der Waals surface area contributed by atoms with Crippen LogP contribution >= 0.6 is 0 Å². The first-order valence-electron chi connectivity index (χ1n) is 11.3. The van der Waals surface area contributed by atoms with Gasteiger partial charge in [0.05, 0.1) is 17.0 Å². The number of fused-ring (bicyclic) bond motifs is 2. The summed E-state index contributed by atoms with van der Waals surface area (Å²) >= 11 is 0. The Morgan fingerprint density at radius 3 is 2.94 bits per heavy atom. The van der Waals surface area contributed by atoms with Crippen molar-refractivity contribution in [2.75, 3.05) is 24.1 Å². The molecule has 3 aromatic heterocycles. The molecule has 1 aliphatic heterocycles. The van der Waals surface area contributed by atoms with Crippen LogP contribution in [0.4, 0.5) is 16.2 Å². The summed E-state index contributed by atoms with van der Waals surface area (Å²) in [6, 6.07) is 3.47. The van der Waals surface area contributed by atoms with E-state index in [1.807, 2.05) is 0 Å². The molecule has 0 spiro atoms. The van der Waals surface area contributed by atoms with E-state index in [2.05, 4.69) is 43.8 Å². The Bertz CT molecular complexity index is 1560. The van der Waals surface area contributed by atoms with Crippen LogP contribution in [0.2, 0.25) is 0 Å². The van der Waals surface area contributed by atoms with Gasteiger partial charge in [-0.3, -0.25) is 4.79 Å². The van der Waals surface area contributed by atoms with E-state index in [1.54, 1.807) is 15.6 Å². The molecular weight excluding hydrogens is 451 g/mol. The van der Waals surface area contributed by atoms with Crippen LogP contribution in [0.15, 0.2) is 35.5 Å². The predicted octanol–water partition coefficient (Wildman–Crippen LogP) is 2.62. The SMILES string of the molecule is C=CC(=O)N1CC[C@H](n2nc(C#Cc3cc4nc(NC5CC5)oc4cc3F)c3c(N)ncnc32)C1. The van der Waals surface area contributed by atoms with Crippen LogP contribution in [-0.4, -0.2) is 54.7 Å². The molecule has 0 radical (unpaired) electrons. The fourth-order valence-electron chi connectivity index (χ4n) is 4.24. The number of nitrogens with zero attached hydrogens (tertiary/aromatic N) is 6. The van der Waals surface area contributed by atoms with Gasteiger partial charge >= 0.3 is 0 Å². The van der Waals surface area contributed by atoms with Crippen molar-refractivity contribution in [3.8, 4) is 11.8 Å². The number of nitrogen functional groups attached to an aromatic ring is 1. The molecule has 0 unspecified atom stereocenters. The summed E-state index contributed by atoms with van der Waals surface area (Å²) in [5.74, 6) is 5.36. The highest BCUT2D eigenvalue weighted by molar-refractivity contribution is 5.91. The molecule has 0 bridgehead atoms. The second kappa shape index (κ2) is 8.09. The van der Waals surface area contributed by atoms with Crippen molar-refractivity contribution < 1.29 is 13.6 Å². The molecule has 4 aromatic rings. The lowest BCUT2D eigenvalue weighted by molar-refractivity contribution is -0.125. The van der Waals surface area contributed by atoms with Crippen LogP contribution in [0, 0.1) is 17.7 Å². The highest BCUT2D eigenvalue weighted by Crippen LogP contribution is 2.30. The Labute approximate surface area is 199 Å². The number of likely N-dealkylation sites (tertiary alicyclic amines) is 1. The van der Waals surface area contributed by atoms with Crippen molar-refractivity contribution in [3.63, 3.8) is 0 Å². The lowest BCUT2D eigenvalue weighted by atomic mass is 10.2. The smallest absolute Gasteiger partial charge is 0.295 e. The number of oxazole rings is 1. The van der Waals surface area contributed by atoms with Crippen molar-refractivity contribution in [1.82, 2.24) is 29.6 Å². The molecule has 1 saturated heterocycles. The topological polar surface area (TPSA) is 128 Å². The van der Waals surface area contributed by atoms with Gasteiger partial charge in [0, 0.05) is 25.2 Å². The highest BCUT2D eigenvalue weighted by Gasteiger charge is 2.29. The van der Waals surface area contributed by atoms with Crippen molar-refractivity contribution in [2.24, 2.45) is 0 Å². The molecule has 3 N–H and O–H groups in total. The molecule has 2 aliphatic rings. The fraction of sp³-hybridized carbons (Fsp3) is 0.292. The van der Waals surface area contributed by atoms with E-state index in [0.717, 1.165) is 12.8 Å². The predicted molar refractivity (Wildman–Crippen MR) is 127 cm³/mol. The number of anilines is 2. The lowest BCUT2D eigenvalue weighted by Gasteiger charge is -2.14. The van der Waals surface area contributed by atoms with Gasteiger partial charge in [-0.05, 0) is 37.3 Å². The van der Waals surface area contributed by atoms with Gasteiger partial charge in [0.1, 0.15) is 29.2 Å². The van der Waals surface area contributed by atoms with Crippen LogP contribution < -0.4 is 11.1 Å². The molecule has 10 nitrogen and oxygen atoms in total. The zero-order valence-corrected chi connectivity index (χ0v) is 18.7. The third kappa shape index (κ3) is 3.82. The quantitative estimate of drug-likeness (QED) is 0.343. The summed E-state index contributed by atoms with van der Waals surface area (Å²) in [5.41, 5.74) is 8.00. The summed E-state index contributed by atoms with van der Waals surface area (Å²) in [4.78, 5) is 26.5. The van der Waals surface area contributed by atoms with Crippen molar-refractivity contribution in [2.45, 2.75) is 31.3 Å². The van der Waals surface area contributed by atoms with Gasteiger partial charge in [0.25, 0.3) is 6.01 Å². The monoisotopic (exact) mass is 472 g/mol. The number of rotatable bonds is 4. The van der Waals surface area contributed by atoms with Gasteiger partial charge < -0.3 is 20.4 Å². The first kappa shape index (κ1) is 21.1. The maximum Gasteiger partial charge on any atom is 0.295 e. The van der Waals surface area contributed by atoms with E-state index in [0.29, 0.717) is 59.4 Å². The van der Waals surface area contributed by atoms with Gasteiger partial charge in [-0.15, -0.1) is 0 Å². The number of carbonyl (C=O) groups excluding carboxylic acids is 1. The Balaban J connectivity index is 1.36. The number of amides is 1. The normalized spacial score (nSPS) is 17.5. The van der Waals surface area contributed by atoms with Crippen LogP contribution in [0.25, 0.3) is 22.1 Å². The molecular formula is C24H21FN8O2. The van der Waals surface area contributed by atoms with Crippen molar-refractivity contribution >= 4 is 39.9 Å². The Kier molecular flexibility index (Phi) is 4.88. The second-order valence-corrected chi connectivity index (χ2v) is 8.67. The molecule has 6 rings (SSSR count). The van der Waals surface area contributed by atoms with Crippen LogP contribution in [0.5, 0.6) is 0 Å². The lowest BCUT2D eigenvalue weighted by Crippen LogP contribution is -2.27. The minimum atomic E-state index is -0.526. The van der Waals surface area contributed by atoms with E-state index in [9.17, 15) is 9.18 Å². The number of nitrogens with two attached hydrogens (primary N) is 1. The molecule has 1 saturated carbocycles. The molecule has 176 valence electrons. The zero-order chi connectivity index (χ0) is 24.1. The third-order valence-electron chi connectivity index (χ3n) is 6.21. The van der Waals surface area contributed by atoms with E-state index in [1.165, 1.54) is 18.5 Å². The van der Waals surface area contributed by atoms with Gasteiger partial charge in [-0.25, -0.2) is 19.0 Å². The maximum atomic E-state index is 14.8. The molecule has 11 heteroatoms. The van der Waals surface area contributed by atoms with Crippen LogP contribution in [-0.2, 0) is 4.79 Å². The number of hydrogen-bond donors (Lipinski definition) is 2. The number of nitrogens with one attached hydrogen (secondary N) is 1. The second-order valence-electron chi connectivity index (χ2n) is 8.67.